The van der Waals surface area contributed by atoms with E-state index in [0.29, 0.717) is 0 Å². The van der Waals surface area contributed by atoms with Crippen LogP contribution >= 0.6 is 27.3 Å². The molecule has 6 heteroatoms. The lowest BCUT2D eigenvalue weighted by atomic mass is 10.0. The molecule has 0 amide bonds. The van der Waals surface area contributed by atoms with Crippen LogP contribution in [-0.2, 0) is 6.42 Å². The zero-order valence-corrected chi connectivity index (χ0v) is 13.8. The molecule has 0 aliphatic carbocycles. The van der Waals surface area contributed by atoms with E-state index in [1.807, 2.05) is 18.2 Å². The summed E-state index contributed by atoms with van der Waals surface area (Å²) >= 11 is 5.16. The van der Waals surface area contributed by atoms with Crippen LogP contribution < -0.4 is 20.7 Å². The molecule has 0 radical (unpaired) electrons. The first-order chi connectivity index (χ1) is 9.67. The van der Waals surface area contributed by atoms with Crippen molar-refractivity contribution in [2.45, 2.75) is 12.5 Å². The Kier molecular flexibility index (Phi) is 5.42. The van der Waals surface area contributed by atoms with Crippen molar-refractivity contribution in [1.29, 1.82) is 0 Å². The number of halogens is 1. The van der Waals surface area contributed by atoms with Gasteiger partial charge in [0.05, 0.1) is 20.3 Å². The Hall–Kier alpha value is -1.08. The van der Waals surface area contributed by atoms with Crippen LogP contribution in [0.3, 0.4) is 0 Å². The molecule has 108 valence electrons. The minimum Gasteiger partial charge on any atom is -0.497 e. The molecule has 1 heterocycles. The van der Waals surface area contributed by atoms with E-state index in [9.17, 15) is 0 Å². The van der Waals surface area contributed by atoms with Gasteiger partial charge in [-0.25, -0.2) is 0 Å². The zero-order chi connectivity index (χ0) is 14.5. The molecule has 1 atom stereocenters. The summed E-state index contributed by atoms with van der Waals surface area (Å²) in [5, 5.41) is 2.06. The van der Waals surface area contributed by atoms with Crippen LogP contribution in [0.1, 0.15) is 16.5 Å². The summed E-state index contributed by atoms with van der Waals surface area (Å²) in [7, 11) is 3.30. The standard InChI is InChI=1S/C14H17BrN2O2S/c1-18-10-3-4-14(19-2)12(6-10)13(17-16)7-11-5-9(15)8-20-11/h3-6,8,13,17H,7,16H2,1-2H3. The van der Waals surface area contributed by atoms with E-state index >= 15 is 0 Å². The van der Waals surface area contributed by atoms with Crippen molar-refractivity contribution < 1.29 is 9.47 Å². The van der Waals surface area contributed by atoms with E-state index in [-0.39, 0.29) is 6.04 Å². The fourth-order valence-corrected chi connectivity index (χ4v) is 3.53. The second-order valence-corrected chi connectivity index (χ2v) is 6.17. The lowest BCUT2D eigenvalue weighted by Gasteiger charge is -2.19. The second-order valence-electron chi connectivity index (χ2n) is 4.26. The molecule has 4 nitrogen and oxygen atoms in total. The fraction of sp³-hybridized carbons (Fsp3) is 0.286. The summed E-state index contributed by atoms with van der Waals surface area (Å²) in [6.45, 7) is 0. The van der Waals surface area contributed by atoms with E-state index in [0.717, 1.165) is 28.0 Å². The number of thiophene rings is 1. The highest BCUT2D eigenvalue weighted by molar-refractivity contribution is 9.10. The van der Waals surface area contributed by atoms with Gasteiger partial charge in [0.25, 0.3) is 0 Å². The Bertz CT molecular complexity index is 574. The molecule has 0 saturated carbocycles. The SMILES string of the molecule is COc1ccc(OC)c(C(Cc2cc(Br)cs2)NN)c1. The van der Waals surface area contributed by atoms with Crippen molar-refractivity contribution in [3.8, 4) is 11.5 Å². The second kappa shape index (κ2) is 7.08. The summed E-state index contributed by atoms with van der Waals surface area (Å²) in [6, 6.07) is 7.78. The Labute approximate surface area is 131 Å². The maximum Gasteiger partial charge on any atom is 0.123 e. The van der Waals surface area contributed by atoms with Crippen LogP contribution in [0, 0.1) is 0 Å². The quantitative estimate of drug-likeness (QED) is 0.615. The van der Waals surface area contributed by atoms with Crippen LogP contribution in [-0.4, -0.2) is 14.2 Å². The lowest BCUT2D eigenvalue weighted by Crippen LogP contribution is -2.29. The molecule has 0 spiro atoms. The Morgan fingerprint density at radius 3 is 2.65 bits per heavy atom. The molecule has 20 heavy (non-hydrogen) atoms. The van der Waals surface area contributed by atoms with Gasteiger partial charge in [-0.15, -0.1) is 11.3 Å². The molecular weight excluding hydrogens is 340 g/mol. The molecule has 0 bridgehead atoms. The molecule has 3 N–H and O–H groups in total. The number of benzene rings is 1. The summed E-state index contributed by atoms with van der Waals surface area (Å²) in [4.78, 5) is 1.24. The van der Waals surface area contributed by atoms with Crippen LogP contribution in [0.25, 0.3) is 0 Å². The van der Waals surface area contributed by atoms with Crippen molar-refractivity contribution in [2.24, 2.45) is 5.84 Å². The van der Waals surface area contributed by atoms with Crippen LogP contribution in [0.15, 0.2) is 34.1 Å². The predicted octanol–water partition coefficient (Wildman–Crippen LogP) is 3.27. The predicted molar refractivity (Wildman–Crippen MR) is 85.3 cm³/mol. The van der Waals surface area contributed by atoms with Crippen molar-refractivity contribution >= 4 is 27.3 Å². The van der Waals surface area contributed by atoms with Gasteiger partial charge in [-0.05, 0) is 40.2 Å². The van der Waals surface area contributed by atoms with Gasteiger partial charge in [0.1, 0.15) is 11.5 Å². The average Bonchev–Trinajstić information content (AvgIpc) is 2.89. The molecule has 2 rings (SSSR count). The smallest absolute Gasteiger partial charge is 0.123 e. The number of hydrogen-bond acceptors (Lipinski definition) is 5. The van der Waals surface area contributed by atoms with Crippen molar-refractivity contribution in [3.05, 3.63) is 44.6 Å². The zero-order valence-electron chi connectivity index (χ0n) is 11.4. The third kappa shape index (κ3) is 3.52. The largest absolute Gasteiger partial charge is 0.497 e. The van der Waals surface area contributed by atoms with Crippen LogP contribution in [0.5, 0.6) is 11.5 Å². The molecule has 2 aromatic rings. The number of ether oxygens (including phenoxy) is 2. The van der Waals surface area contributed by atoms with Gasteiger partial charge >= 0.3 is 0 Å². The van der Waals surface area contributed by atoms with Gasteiger partial charge in [-0.3, -0.25) is 11.3 Å². The van der Waals surface area contributed by atoms with E-state index < -0.39 is 0 Å². The number of nitrogens with two attached hydrogens (primary N) is 1. The van der Waals surface area contributed by atoms with Crippen molar-refractivity contribution in [1.82, 2.24) is 5.43 Å². The van der Waals surface area contributed by atoms with Gasteiger partial charge in [0, 0.05) is 26.7 Å². The van der Waals surface area contributed by atoms with E-state index in [1.165, 1.54) is 4.88 Å². The minimum absolute atomic E-state index is 0.0365. The molecule has 0 fully saturated rings. The van der Waals surface area contributed by atoms with Gasteiger partial charge in [0.15, 0.2) is 0 Å². The summed E-state index contributed by atoms with van der Waals surface area (Å²) in [6.07, 6.45) is 0.788. The highest BCUT2D eigenvalue weighted by Gasteiger charge is 2.17. The normalized spacial score (nSPS) is 12.2. The molecular formula is C14H17BrN2O2S. The highest BCUT2D eigenvalue weighted by Crippen LogP contribution is 2.32. The van der Waals surface area contributed by atoms with Gasteiger partial charge in [-0.2, -0.15) is 0 Å². The lowest BCUT2D eigenvalue weighted by molar-refractivity contribution is 0.389. The molecule has 0 aliphatic rings. The Morgan fingerprint density at radius 1 is 1.30 bits per heavy atom. The van der Waals surface area contributed by atoms with E-state index in [1.54, 1.807) is 25.6 Å². The number of methoxy groups -OCH3 is 2. The molecule has 0 aliphatic heterocycles. The van der Waals surface area contributed by atoms with Crippen LogP contribution in [0.4, 0.5) is 0 Å². The maximum absolute atomic E-state index is 5.72. The number of nitrogens with one attached hydrogen (secondary N) is 1. The number of hydrazine groups is 1. The first-order valence-corrected chi connectivity index (χ1v) is 7.76. The monoisotopic (exact) mass is 356 g/mol. The topological polar surface area (TPSA) is 56.5 Å². The highest BCUT2D eigenvalue weighted by atomic mass is 79.9. The van der Waals surface area contributed by atoms with Gasteiger partial charge < -0.3 is 9.47 Å². The Morgan fingerprint density at radius 2 is 2.10 bits per heavy atom. The average molecular weight is 357 g/mol. The van der Waals surface area contributed by atoms with Crippen molar-refractivity contribution in [3.63, 3.8) is 0 Å². The third-order valence-electron chi connectivity index (χ3n) is 3.04. The first kappa shape index (κ1) is 15.3. The van der Waals surface area contributed by atoms with E-state index in [4.69, 9.17) is 15.3 Å². The van der Waals surface area contributed by atoms with Gasteiger partial charge in [-0.1, -0.05) is 0 Å². The first-order valence-electron chi connectivity index (χ1n) is 6.09. The molecule has 0 saturated heterocycles. The van der Waals surface area contributed by atoms with Crippen LogP contribution in [0.2, 0.25) is 0 Å². The fourth-order valence-electron chi connectivity index (χ4n) is 2.03. The van der Waals surface area contributed by atoms with E-state index in [2.05, 4.69) is 32.8 Å². The summed E-state index contributed by atoms with van der Waals surface area (Å²) in [5.41, 5.74) is 3.84. The summed E-state index contributed by atoms with van der Waals surface area (Å²) < 4.78 is 11.8. The molecule has 1 aromatic carbocycles. The molecule has 1 unspecified atom stereocenters. The number of hydrogen-bond donors (Lipinski definition) is 2. The molecule has 1 aromatic heterocycles. The minimum atomic E-state index is -0.0365. The maximum atomic E-state index is 5.72. The van der Waals surface area contributed by atoms with Gasteiger partial charge in [0.2, 0.25) is 0 Å². The number of rotatable bonds is 6. The third-order valence-corrected chi connectivity index (χ3v) is 4.76. The Balaban J connectivity index is 2.30. The summed E-state index contributed by atoms with van der Waals surface area (Å²) in [5.74, 6) is 7.30. The van der Waals surface area contributed by atoms with Crippen molar-refractivity contribution in [2.75, 3.05) is 14.2 Å².